The Kier molecular flexibility index (Phi) is 7.89. The number of hydrogen-bond donors (Lipinski definition) is 0. The van der Waals surface area contributed by atoms with Crippen LogP contribution in [-0.2, 0) is 0 Å². The van der Waals surface area contributed by atoms with Gasteiger partial charge >= 0.3 is 6.03 Å². The zero-order valence-electron chi connectivity index (χ0n) is 18.1. The molecule has 30 heavy (non-hydrogen) atoms. The maximum absolute atomic E-state index is 12.6. The fourth-order valence-corrected chi connectivity index (χ4v) is 4.60. The first-order valence-corrected chi connectivity index (χ1v) is 13.7. The average molecular weight is 450 g/mol. The van der Waals surface area contributed by atoms with Gasteiger partial charge in [0.15, 0.2) is 0 Å². The van der Waals surface area contributed by atoms with Crippen molar-refractivity contribution in [3.05, 3.63) is 47.7 Å². The van der Waals surface area contributed by atoms with Crippen LogP contribution in [0.4, 0.5) is 10.5 Å². The molecule has 1 aliphatic rings. The quantitative estimate of drug-likeness (QED) is 0.346. The lowest BCUT2D eigenvalue weighted by Crippen LogP contribution is -2.32. The number of pyridine rings is 1. The van der Waals surface area contributed by atoms with Crippen LogP contribution in [0.2, 0.25) is 5.15 Å². The molecular weight excluding hydrogens is 418 g/mol. The lowest BCUT2D eigenvalue weighted by Gasteiger charge is -2.25. The molecule has 2 amide bonds. The topological polar surface area (TPSA) is 45.7 Å². The van der Waals surface area contributed by atoms with E-state index in [1.165, 1.54) is 4.90 Å². The highest BCUT2D eigenvalue weighted by atomic mass is 35.5. The number of carbonyl (C=O) groups is 1. The molecule has 7 heteroatoms. The number of amides is 2. The number of hydrogen-bond acceptors (Lipinski definition) is 3. The smallest absolute Gasteiger partial charge is 0.324 e. The number of aromatic nitrogens is 1. The Morgan fingerprint density at radius 3 is 2.47 bits per heavy atom. The van der Waals surface area contributed by atoms with Gasteiger partial charge in [-0.2, -0.15) is 0 Å². The van der Waals surface area contributed by atoms with Gasteiger partial charge in [0.1, 0.15) is 10.9 Å². The van der Waals surface area contributed by atoms with Gasteiger partial charge in [-0.25, -0.2) is 19.8 Å². The molecule has 0 saturated carbocycles. The van der Waals surface area contributed by atoms with Gasteiger partial charge in [0, 0.05) is 25.8 Å². The van der Waals surface area contributed by atoms with E-state index in [0.29, 0.717) is 11.7 Å². The van der Waals surface area contributed by atoms with Gasteiger partial charge in [-0.15, -0.1) is 0 Å². The third-order valence-corrected chi connectivity index (χ3v) is 7.13. The zero-order chi connectivity index (χ0) is 21.6. The molecule has 1 aromatic heterocycles. The van der Waals surface area contributed by atoms with Crippen molar-refractivity contribution < 1.29 is 9.53 Å². The Morgan fingerprint density at radius 2 is 1.77 bits per heavy atom. The molecule has 164 valence electrons. The highest BCUT2D eigenvalue weighted by Crippen LogP contribution is 2.45. The average Bonchev–Trinajstić information content (AvgIpc) is 3.07. The first kappa shape index (κ1) is 22.8. The van der Waals surface area contributed by atoms with Crippen LogP contribution in [-0.4, -0.2) is 60.9 Å². The van der Waals surface area contributed by atoms with Crippen molar-refractivity contribution in [2.45, 2.75) is 30.6 Å². The van der Waals surface area contributed by atoms with Crippen molar-refractivity contribution in [3.63, 3.8) is 0 Å². The van der Waals surface area contributed by atoms with Gasteiger partial charge in [0.25, 0.3) is 0 Å². The number of urea groups is 1. The number of rotatable bonds is 10. The van der Waals surface area contributed by atoms with Gasteiger partial charge in [-0.05, 0) is 72.9 Å². The third-order valence-electron chi connectivity index (χ3n) is 5.24. The van der Waals surface area contributed by atoms with Crippen molar-refractivity contribution in [3.8, 4) is 5.75 Å². The molecule has 0 atom stereocenters. The van der Waals surface area contributed by atoms with Crippen LogP contribution in [0.1, 0.15) is 25.7 Å². The molecule has 0 radical (unpaired) electrons. The SMILES string of the molecule is CS(C)(C)c1ccc(OCCCCCCN2CCN(c3ccnc(Cl)c3)C2=O)cc1. The molecule has 0 N–H and O–H groups in total. The fourth-order valence-electron chi connectivity index (χ4n) is 3.48. The van der Waals surface area contributed by atoms with E-state index in [-0.39, 0.29) is 6.03 Å². The number of ether oxygens (including phenoxy) is 1. The zero-order valence-corrected chi connectivity index (χ0v) is 19.7. The normalized spacial score (nSPS) is 15.0. The Balaban J connectivity index is 1.30. The largest absolute Gasteiger partial charge is 0.494 e. The number of nitrogens with zero attached hydrogens (tertiary/aromatic N) is 3. The Hall–Kier alpha value is -1.92. The molecule has 1 fully saturated rings. The highest BCUT2D eigenvalue weighted by Gasteiger charge is 2.29. The van der Waals surface area contributed by atoms with Crippen LogP contribution >= 0.6 is 21.6 Å². The van der Waals surface area contributed by atoms with Crippen molar-refractivity contribution >= 4 is 33.3 Å². The predicted molar refractivity (Wildman–Crippen MR) is 128 cm³/mol. The number of carbonyl (C=O) groups excluding carboxylic acids is 1. The monoisotopic (exact) mass is 449 g/mol. The van der Waals surface area contributed by atoms with Crippen LogP contribution in [0.15, 0.2) is 47.5 Å². The molecule has 0 unspecified atom stereocenters. The Morgan fingerprint density at radius 1 is 1.03 bits per heavy atom. The van der Waals surface area contributed by atoms with Gasteiger partial charge in [0.05, 0.1) is 12.3 Å². The number of benzene rings is 1. The van der Waals surface area contributed by atoms with Crippen molar-refractivity contribution in [1.82, 2.24) is 9.88 Å². The first-order valence-electron chi connectivity index (χ1n) is 10.4. The number of unbranched alkanes of at least 4 members (excludes halogenated alkanes) is 3. The first-order chi connectivity index (χ1) is 14.3. The maximum atomic E-state index is 12.6. The van der Waals surface area contributed by atoms with E-state index in [1.807, 2.05) is 11.0 Å². The van der Waals surface area contributed by atoms with Crippen LogP contribution in [0.25, 0.3) is 0 Å². The second-order valence-electron chi connectivity index (χ2n) is 8.33. The van der Waals surface area contributed by atoms with E-state index in [4.69, 9.17) is 16.3 Å². The molecule has 3 rings (SSSR count). The van der Waals surface area contributed by atoms with E-state index in [2.05, 4.69) is 48.0 Å². The maximum Gasteiger partial charge on any atom is 0.324 e. The molecule has 5 nitrogen and oxygen atoms in total. The summed E-state index contributed by atoms with van der Waals surface area (Å²) >= 11 is 5.94. The molecule has 1 aliphatic heterocycles. The summed E-state index contributed by atoms with van der Waals surface area (Å²) in [6.07, 6.45) is 12.8. The summed E-state index contributed by atoms with van der Waals surface area (Å²) in [5.41, 5.74) is 0.816. The molecule has 2 heterocycles. The van der Waals surface area contributed by atoms with Crippen LogP contribution < -0.4 is 9.64 Å². The molecule has 1 aromatic carbocycles. The standard InChI is InChI=1S/C23H32ClN3O2S/c1-30(2,3)21-10-8-20(9-11-21)29-17-7-5-4-6-14-26-15-16-27(23(26)28)19-12-13-25-22(24)18-19/h8-13,18H,4-7,14-17H2,1-3H3. The van der Waals surface area contributed by atoms with E-state index >= 15 is 0 Å². The molecular formula is C23H32ClN3O2S. The minimum Gasteiger partial charge on any atom is -0.494 e. The Labute approximate surface area is 186 Å². The van der Waals surface area contributed by atoms with Gasteiger partial charge in [0.2, 0.25) is 0 Å². The lowest BCUT2D eigenvalue weighted by molar-refractivity contribution is 0.219. The van der Waals surface area contributed by atoms with E-state index in [0.717, 1.165) is 56.8 Å². The third kappa shape index (κ3) is 6.29. The Bertz CT molecular complexity index is 839. The molecule has 1 saturated heterocycles. The van der Waals surface area contributed by atoms with E-state index in [1.54, 1.807) is 17.2 Å². The van der Waals surface area contributed by atoms with E-state index < -0.39 is 10.0 Å². The summed E-state index contributed by atoms with van der Waals surface area (Å²) in [6, 6.07) is 12.1. The fraction of sp³-hybridized carbons (Fsp3) is 0.478. The molecule has 2 aromatic rings. The molecule has 0 bridgehead atoms. The molecule has 0 aliphatic carbocycles. The number of halogens is 1. The van der Waals surface area contributed by atoms with Crippen molar-refractivity contribution in [2.75, 3.05) is 49.9 Å². The summed E-state index contributed by atoms with van der Waals surface area (Å²) in [7, 11) is -0.683. The predicted octanol–water partition coefficient (Wildman–Crippen LogP) is 5.67. The van der Waals surface area contributed by atoms with Crippen LogP contribution in [0, 0.1) is 0 Å². The number of anilines is 1. The summed E-state index contributed by atoms with van der Waals surface area (Å²) in [5.74, 6) is 0.946. The second-order valence-corrected chi connectivity index (χ2v) is 12.9. The van der Waals surface area contributed by atoms with Crippen LogP contribution in [0.3, 0.4) is 0 Å². The van der Waals surface area contributed by atoms with E-state index in [9.17, 15) is 4.79 Å². The van der Waals surface area contributed by atoms with Gasteiger partial charge < -0.3 is 9.64 Å². The summed E-state index contributed by atoms with van der Waals surface area (Å²) in [6.45, 7) is 2.99. The molecule has 0 spiro atoms. The summed E-state index contributed by atoms with van der Waals surface area (Å²) in [5, 5.41) is 0.409. The summed E-state index contributed by atoms with van der Waals surface area (Å²) in [4.78, 5) is 21.7. The van der Waals surface area contributed by atoms with Gasteiger partial charge in [-0.3, -0.25) is 4.90 Å². The van der Waals surface area contributed by atoms with Crippen molar-refractivity contribution in [1.29, 1.82) is 0 Å². The summed E-state index contributed by atoms with van der Waals surface area (Å²) < 4.78 is 5.87. The van der Waals surface area contributed by atoms with Gasteiger partial charge in [-0.1, -0.05) is 24.4 Å². The highest BCUT2D eigenvalue weighted by molar-refractivity contribution is 8.32. The minimum atomic E-state index is -0.683. The van der Waals surface area contributed by atoms with Crippen molar-refractivity contribution in [2.24, 2.45) is 0 Å². The minimum absolute atomic E-state index is 0.0566. The van der Waals surface area contributed by atoms with Crippen LogP contribution in [0.5, 0.6) is 5.75 Å². The second kappa shape index (κ2) is 10.4. The lowest BCUT2D eigenvalue weighted by atomic mass is 10.2.